The molecular weight excluding hydrogens is 162 g/mol. The topological polar surface area (TPSA) is 3.24 Å². The maximum Gasteiger partial charge on any atom is 0.0165 e. The molecule has 0 bridgehead atoms. The molecule has 1 nitrogen and oxygen atoms in total. The third kappa shape index (κ3) is 3.74. The molecule has 1 aliphatic rings. The predicted molar refractivity (Wildman–Crippen MR) is 53.8 cm³/mol. The van der Waals surface area contributed by atoms with Gasteiger partial charge < -0.3 is 4.90 Å². The first-order chi connectivity index (χ1) is 4.43. The normalized spacial score (nSPS) is 21.3. The van der Waals surface area contributed by atoms with Crippen LogP contribution in [0.3, 0.4) is 0 Å². The SMILES string of the molecule is C.CCN1CCSSCC1. The molecular formula is C7H17NS2. The molecule has 0 aromatic carbocycles. The summed E-state index contributed by atoms with van der Waals surface area (Å²) in [5.74, 6) is 2.61. The third-order valence-electron chi connectivity index (χ3n) is 1.51. The Morgan fingerprint density at radius 2 is 1.70 bits per heavy atom. The molecule has 0 atom stereocenters. The maximum absolute atomic E-state index is 2.51. The highest BCUT2D eigenvalue weighted by atomic mass is 33.1. The third-order valence-corrected chi connectivity index (χ3v) is 3.88. The second kappa shape index (κ2) is 6.38. The van der Waals surface area contributed by atoms with Crippen LogP contribution >= 0.6 is 21.6 Å². The van der Waals surface area contributed by atoms with Gasteiger partial charge in [0.25, 0.3) is 0 Å². The maximum atomic E-state index is 2.51. The zero-order valence-electron chi connectivity index (χ0n) is 5.80. The van der Waals surface area contributed by atoms with Crippen LogP contribution in [-0.2, 0) is 0 Å². The van der Waals surface area contributed by atoms with Crippen molar-refractivity contribution >= 4 is 21.6 Å². The second-order valence-electron chi connectivity index (χ2n) is 2.08. The van der Waals surface area contributed by atoms with Gasteiger partial charge in [0, 0.05) is 24.6 Å². The van der Waals surface area contributed by atoms with Crippen LogP contribution in [0.4, 0.5) is 0 Å². The first kappa shape index (κ1) is 10.7. The molecule has 0 amide bonds. The lowest BCUT2D eigenvalue weighted by atomic mass is 10.5. The molecule has 10 heavy (non-hydrogen) atoms. The Morgan fingerprint density at radius 3 is 2.10 bits per heavy atom. The summed E-state index contributed by atoms with van der Waals surface area (Å²) in [7, 11) is 4.02. The van der Waals surface area contributed by atoms with Crippen molar-refractivity contribution in [3.63, 3.8) is 0 Å². The van der Waals surface area contributed by atoms with E-state index in [0.29, 0.717) is 0 Å². The van der Waals surface area contributed by atoms with E-state index >= 15 is 0 Å². The Morgan fingerprint density at radius 1 is 1.20 bits per heavy atom. The van der Waals surface area contributed by atoms with Gasteiger partial charge in [0.2, 0.25) is 0 Å². The van der Waals surface area contributed by atoms with E-state index in [2.05, 4.69) is 11.8 Å². The van der Waals surface area contributed by atoms with Gasteiger partial charge in [-0.15, -0.1) is 0 Å². The second-order valence-corrected chi connectivity index (χ2v) is 4.78. The van der Waals surface area contributed by atoms with Crippen molar-refractivity contribution < 1.29 is 0 Å². The summed E-state index contributed by atoms with van der Waals surface area (Å²) < 4.78 is 0. The minimum Gasteiger partial charge on any atom is -0.302 e. The summed E-state index contributed by atoms with van der Waals surface area (Å²) in [5, 5.41) is 0. The molecule has 0 aromatic heterocycles. The minimum atomic E-state index is 0. The van der Waals surface area contributed by atoms with E-state index in [1.54, 1.807) is 0 Å². The number of hydrogen-bond donors (Lipinski definition) is 0. The molecule has 0 radical (unpaired) electrons. The summed E-state index contributed by atoms with van der Waals surface area (Å²) in [4.78, 5) is 2.51. The Hall–Kier alpha value is 0.660. The van der Waals surface area contributed by atoms with Gasteiger partial charge in [-0.1, -0.05) is 35.9 Å². The summed E-state index contributed by atoms with van der Waals surface area (Å²) >= 11 is 0. The zero-order chi connectivity index (χ0) is 6.53. The lowest BCUT2D eigenvalue weighted by molar-refractivity contribution is 0.328. The van der Waals surface area contributed by atoms with Crippen molar-refractivity contribution in [1.29, 1.82) is 0 Å². The van der Waals surface area contributed by atoms with Crippen molar-refractivity contribution in [3.05, 3.63) is 0 Å². The molecule has 0 spiro atoms. The van der Waals surface area contributed by atoms with E-state index in [0.717, 1.165) is 0 Å². The highest BCUT2D eigenvalue weighted by molar-refractivity contribution is 8.76. The van der Waals surface area contributed by atoms with Crippen LogP contribution < -0.4 is 0 Å². The molecule has 1 rings (SSSR count). The van der Waals surface area contributed by atoms with E-state index in [9.17, 15) is 0 Å². The van der Waals surface area contributed by atoms with Crippen molar-refractivity contribution in [1.82, 2.24) is 4.90 Å². The molecule has 1 aliphatic heterocycles. The summed E-state index contributed by atoms with van der Waals surface area (Å²) in [6, 6.07) is 0. The lowest BCUT2D eigenvalue weighted by Crippen LogP contribution is -2.26. The van der Waals surface area contributed by atoms with Crippen molar-refractivity contribution in [2.24, 2.45) is 0 Å². The van der Waals surface area contributed by atoms with Gasteiger partial charge >= 0.3 is 0 Å². The molecule has 0 aliphatic carbocycles. The zero-order valence-corrected chi connectivity index (χ0v) is 7.43. The average molecular weight is 179 g/mol. The van der Waals surface area contributed by atoms with Crippen LogP contribution in [0.15, 0.2) is 0 Å². The number of hydrogen-bond acceptors (Lipinski definition) is 3. The van der Waals surface area contributed by atoms with Gasteiger partial charge in [-0.3, -0.25) is 0 Å². The van der Waals surface area contributed by atoms with Gasteiger partial charge in [-0.25, -0.2) is 0 Å². The highest BCUT2D eigenvalue weighted by Gasteiger charge is 2.05. The molecule has 0 unspecified atom stereocenters. The van der Waals surface area contributed by atoms with Gasteiger partial charge in [0.15, 0.2) is 0 Å². The van der Waals surface area contributed by atoms with Crippen LogP contribution in [-0.4, -0.2) is 36.0 Å². The van der Waals surface area contributed by atoms with Gasteiger partial charge in [0.05, 0.1) is 0 Å². The Kier molecular flexibility index (Phi) is 6.80. The molecule has 62 valence electrons. The van der Waals surface area contributed by atoms with E-state index in [-0.39, 0.29) is 7.43 Å². The molecule has 0 N–H and O–H groups in total. The monoisotopic (exact) mass is 179 g/mol. The first-order valence-electron chi connectivity index (χ1n) is 3.40. The van der Waals surface area contributed by atoms with Crippen molar-refractivity contribution in [2.45, 2.75) is 14.4 Å². The quantitative estimate of drug-likeness (QED) is 0.569. The summed E-state index contributed by atoms with van der Waals surface area (Å²) in [6.45, 7) is 6.03. The van der Waals surface area contributed by atoms with E-state index in [1.807, 2.05) is 21.6 Å². The molecule has 1 heterocycles. The van der Waals surface area contributed by atoms with Crippen LogP contribution in [0.25, 0.3) is 0 Å². The summed E-state index contributed by atoms with van der Waals surface area (Å²) in [5.41, 5.74) is 0. The Bertz CT molecular complexity index is 70.0. The van der Waals surface area contributed by atoms with Crippen LogP contribution in [0, 0.1) is 0 Å². The lowest BCUT2D eigenvalue weighted by Gasteiger charge is -2.14. The van der Waals surface area contributed by atoms with Gasteiger partial charge in [0.1, 0.15) is 0 Å². The van der Waals surface area contributed by atoms with E-state index < -0.39 is 0 Å². The van der Waals surface area contributed by atoms with Crippen molar-refractivity contribution in [2.75, 3.05) is 31.1 Å². The smallest absolute Gasteiger partial charge is 0.0165 e. The Balaban J connectivity index is 0.000000810. The molecule has 3 heteroatoms. The fourth-order valence-electron chi connectivity index (χ4n) is 0.879. The summed E-state index contributed by atoms with van der Waals surface area (Å²) in [6.07, 6.45) is 0. The number of nitrogens with zero attached hydrogens (tertiary/aromatic N) is 1. The van der Waals surface area contributed by atoms with Crippen LogP contribution in [0.2, 0.25) is 0 Å². The van der Waals surface area contributed by atoms with E-state index in [1.165, 1.54) is 31.1 Å². The fraction of sp³-hybridized carbons (Fsp3) is 1.00. The fourth-order valence-corrected chi connectivity index (χ4v) is 2.93. The Labute approximate surface area is 72.3 Å². The average Bonchev–Trinajstić information content (AvgIpc) is 2.13. The molecule has 1 fully saturated rings. The number of rotatable bonds is 1. The van der Waals surface area contributed by atoms with Gasteiger partial charge in [-0.2, -0.15) is 0 Å². The largest absolute Gasteiger partial charge is 0.302 e. The van der Waals surface area contributed by atoms with Crippen LogP contribution in [0.1, 0.15) is 14.4 Å². The first-order valence-corrected chi connectivity index (χ1v) is 5.89. The standard InChI is InChI=1S/C6H13NS2.CH4/c1-2-7-3-5-8-9-6-4-7;/h2-6H2,1H3;1H4. The van der Waals surface area contributed by atoms with Gasteiger partial charge in [-0.05, 0) is 6.54 Å². The minimum absolute atomic E-state index is 0. The highest BCUT2D eigenvalue weighted by Crippen LogP contribution is 2.23. The molecule has 0 aromatic rings. The molecule has 0 saturated carbocycles. The van der Waals surface area contributed by atoms with Crippen LogP contribution in [0.5, 0.6) is 0 Å². The molecule has 1 saturated heterocycles. The van der Waals surface area contributed by atoms with Crippen molar-refractivity contribution in [3.8, 4) is 0 Å². The predicted octanol–water partition coefficient (Wildman–Crippen LogP) is 2.34. The van der Waals surface area contributed by atoms with E-state index in [4.69, 9.17) is 0 Å².